The van der Waals surface area contributed by atoms with E-state index in [0.29, 0.717) is 31.8 Å². The van der Waals surface area contributed by atoms with Gasteiger partial charge >= 0.3 is 0 Å². The predicted molar refractivity (Wildman–Crippen MR) is 77.7 cm³/mol. The Morgan fingerprint density at radius 1 is 1.62 bits per heavy atom. The third-order valence-electron chi connectivity index (χ3n) is 3.75. The van der Waals surface area contributed by atoms with E-state index in [1.165, 1.54) is 0 Å². The minimum atomic E-state index is -0.576. The van der Waals surface area contributed by atoms with Crippen LogP contribution in [0.2, 0.25) is 0 Å². The second kappa shape index (κ2) is 6.71. The van der Waals surface area contributed by atoms with Crippen molar-refractivity contribution in [1.82, 2.24) is 15.1 Å². The number of hydrogen-bond donors (Lipinski definition) is 2. The van der Waals surface area contributed by atoms with E-state index >= 15 is 0 Å². The number of amides is 2. The fourth-order valence-corrected chi connectivity index (χ4v) is 2.24. The first-order chi connectivity index (χ1) is 10.0. The van der Waals surface area contributed by atoms with Gasteiger partial charge in [0.1, 0.15) is 0 Å². The number of aryl methyl sites for hydroxylation is 1. The second-order valence-electron chi connectivity index (χ2n) is 5.60. The maximum Gasteiger partial charge on any atom is 0.233 e. The van der Waals surface area contributed by atoms with Crippen molar-refractivity contribution in [2.75, 3.05) is 25.6 Å². The summed E-state index contributed by atoms with van der Waals surface area (Å²) in [7, 11) is 1.67. The van der Waals surface area contributed by atoms with E-state index in [4.69, 9.17) is 4.74 Å². The number of rotatable bonds is 6. The average Bonchev–Trinajstić information content (AvgIpc) is 2.90. The molecule has 2 N–H and O–H groups in total. The van der Waals surface area contributed by atoms with E-state index in [-0.39, 0.29) is 11.8 Å². The Kier molecular flexibility index (Phi) is 4.95. The van der Waals surface area contributed by atoms with Crippen LogP contribution in [0.1, 0.15) is 26.2 Å². The Balaban J connectivity index is 1.89. The minimum absolute atomic E-state index is 0.00250. The van der Waals surface area contributed by atoms with Gasteiger partial charge in [0.15, 0.2) is 5.82 Å². The molecule has 1 saturated heterocycles. The highest BCUT2D eigenvalue weighted by Gasteiger charge is 2.37. The van der Waals surface area contributed by atoms with E-state index in [9.17, 15) is 9.59 Å². The first kappa shape index (κ1) is 15.5. The molecule has 2 rings (SSSR count). The SMILES string of the molecule is COCCCn1ccc(NC(=O)C2(C)CCC(=O)NC2)n1. The predicted octanol–water partition coefficient (Wildman–Crippen LogP) is 0.774. The maximum absolute atomic E-state index is 12.3. The molecule has 1 unspecified atom stereocenters. The number of nitrogens with one attached hydrogen (secondary N) is 2. The molecule has 21 heavy (non-hydrogen) atoms. The lowest BCUT2D eigenvalue weighted by Crippen LogP contribution is -2.48. The van der Waals surface area contributed by atoms with Gasteiger partial charge in [-0.2, -0.15) is 5.10 Å². The molecule has 1 fully saturated rings. The number of anilines is 1. The summed E-state index contributed by atoms with van der Waals surface area (Å²) in [4.78, 5) is 23.5. The summed E-state index contributed by atoms with van der Waals surface area (Å²) in [6.07, 6.45) is 3.64. The lowest BCUT2D eigenvalue weighted by atomic mass is 9.81. The highest BCUT2D eigenvalue weighted by Crippen LogP contribution is 2.27. The lowest BCUT2D eigenvalue weighted by molar-refractivity contribution is -0.130. The molecule has 0 spiro atoms. The number of hydrogen-bond acceptors (Lipinski definition) is 4. The van der Waals surface area contributed by atoms with Crippen LogP contribution in [0.5, 0.6) is 0 Å². The quantitative estimate of drug-likeness (QED) is 0.759. The van der Waals surface area contributed by atoms with Crippen LogP contribution in [-0.2, 0) is 20.9 Å². The Morgan fingerprint density at radius 2 is 2.43 bits per heavy atom. The number of aromatic nitrogens is 2. The lowest BCUT2D eigenvalue weighted by Gasteiger charge is -2.31. The van der Waals surface area contributed by atoms with Gasteiger partial charge in [-0.3, -0.25) is 14.3 Å². The van der Waals surface area contributed by atoms with Gasteiger partial charge < -0.3 is 15.4 Å². The third kappa shape index (κ3) is 4.04. The molecule has 1 aromatic rings. The molecule has 116 valence electrons. The normalized spacial score (nSPS) is 21.9. The van der Waals surface area contributed by atoms with Crippen LogP contribution in [0.15, 0.2) is 12.3 Å². The highest BCUT2D eigenvalue weighted by molar-refractivity contribution is 5.95. The number of piperidine rings is 1. The molecule has 0 bridgehead atoms. The second-order valence-corrected chi connectivity index (χ2v) is 5.60. The van der Waals surface area contributed by atoms with Gasteiger partial charge in [0.05, 0.1) is 5.41 Å². The molecule has 7 nitrogen and oxygen atoms in total. The van der Waals surface area contributed by atoms with E-state index in [2.05, 4.69) is 15.7 Å². The van der Waals surface area contributed by atoms with E-state index in [1.807, 2.05) is 13.1 Å². The molecule has 2 heterocycles. The molecule has 0 saturated carbocycles. The maximum atomic E-state index is 12.3. The van der Waals surface area contributed by atoms with Crippen molar-refractivity contribution in [3.05, 3.63) is 12.3 Å². The van der Waals surface area contributed by atoms with E-state index < -0.39 is 5.41 Å². The van der Waals surface area contributed by atoms with Crippen molar-refractivity contribution in [3.8, 4) is 0 Å². The van der Waals surface area contributed by atoms with Crippen LogP contribution in [0.4, 0.5) is 5.82 Å². The Bertz CT molecular complexity index is 502. The zero-order chi connectivity index (χ0) is 15.3. The standard InChI is InChI=1S/C14H22N4O3/c1-14(6-4-12(19)15-10-14)13(20)16-11-5-8-18(17-11)7-3-9-21-2/h5,8H,3-4,6-7,9-10H2,1-2H3,(H,15,19)(H,16,17,20). The number of ether oxygens (including phenoxy) is 1. The van der Waals surface area contributed by atoms with Gasteiger partial charge in [0.25, 0.3) is 0 Å². The summed E-state index contributed by atoms with van der Waals surface area (Å²) in [6.45, 7) is 3.65. The number of methoxy groups -OCH3 is 1. The topological polar surface area (TPSA) is 85.2 Å². The van der Waals surface area contributed by atoms with Gasteiger partial charge in [0, 0.05) is 45.5 Å². The van der Waals surface area contributed by atoms with Crippen molar-refractivity contribution in [1.29, 1.82) is 0 Å². The van der Waals surface area contributed by atoms with Gasteiger partial charge in [0.2, 0.25) is 11.8 Å². The summed E-state index contributed by atoms with van der Waals surface area (Å²) in [6, 6.07) is 1.77. The molecular formula is C14H22N4O3. The molecule has 2 amide bonds. The van der Waals surface area contributed by atoms with Crippen LogP contribution in [0.25, 0.3) is 0 Å². The molecule has 1 aromatic heterocycles. The highest BCUT2D eigenvalue weighted by atomic mass is 16.5. The van der Waals surface area contributed by atoms with Crippen molar-refractivity contribution in [2.45, 2.75) is 32.7 Å². The van der Waals surface area contributed by atoms with Gasteiger partial charge in [-0.05, 0) is 19.8 Å². The minimum Gasteiger partial charge on any atom is -0.385 e. The Labute approximate surface area is 124 Å². The molecule has 1 aliphatic heterocycles. The molecule has 0 aromatic carbocycles. The number of carbonyl (C=O) groups excluding carboxylic acids is 2. The van der Waals surface area contributed by atoms with Crippen LogP contribution in [0.3, 0.4) is 0 Å². The van der Waals surface area contributed by atoms with Gasteiger partial charge in [-0.25, -0.2) is 0 Å². The van der Waals surface area contributed by atoms with Crippen molar-refractivity contribution >= 4 is 17.6 Å². The summed E-state index contributed by atoms with van der Waals surface area (Å²) in [5.74, 6) is 0.433. The van der Waals surface area contributed by atoms with E-state index in [1.54, 1.807) is 17.9 Å². The summed E-state index contributed by atoms with van der Waals surface area (Å²) in [5.41, 5.74) is -0.576. The smallest absolute Gasteiger partial charge is 0.233 e. The van der Waals surface area contributed by atoms with Crippen molar-refractivity contribution in [2.24, 2.45) is 5.41 Å². The molecule has 1 atom stereocenters. The largest absolute Gasteiger partial charge is 0.385 e. The summed E-state index contributed by atoms with van der Waals surface area (Å²) >= 11 is 0. The molecule has 0 radical (unpaired) electrons. The zero-order valence-corrected chi connectivity index (χ0v) is 12.5. The number of carbonyl (C=O) groups is 2. The molecule has 1 aliphatic rings. The Morgan fingerprint density at radius 3 is 3.10 bits per heavy atom. The number of nitrogens with zero attached hydrogens (tertiary/aromatic N) is 2. The van der Waals surface area contributed by atoms with Crippen LogP contribution in [-0.4, -0.2) is 41.9 Å². The zero-order valence-electron chi connectivity index (χ0n) is 12.5. The third-order valence-corrected chi connectivity index (χ3v) is 3.75. The fraction of sp³-hybridized carbons (Fsp3) is 0.643. The molecule has 0 aliphatic carbocycles. The first-order valence-corrected chi connectivity index (χ1v) is 7.14. The average molecular weight is 294 g/mol. The Hall–Kier alpha value is -1.89. The van der Waals surface area contributed by atoms with Gasteiger partial charge in [-0.15, -0.1) is 0 Å². The van der Waals surface area contributed by atoms with Gasteiger partial charge in [-0.1, -0.05) is 0 Å². The fourth-order valence-electron chi connectivity index (χ4n) is 2.24. The monoisotopic (exact) mass is 294 g/mol. The van der Waals surface area contributed by atoms with E-state index in [0.717, 1.165) is 13.0 Å². The van der Waals surface area contributed by atoms with Crippen LogP contribution in [0, 0.1) is 5.41 Å². The summed E-state index contributed by atoms with van der Waals surface area (Å²) in [5, 5.41) is 9.87. The molecular weight excluding hydrogens is 272 g/mol. The van der Waals surface area contributed by atoms with Crippen molar-refractivity contribution in [3.63, 3.8) is 0 Å². The summed E-state index contributed by atoms with van der Waals surface area (Å²) < 4.78 is 6.77. The first-order valence-electron chi connectivity index (χ1n) is 7.14. The van der Waals surface area contributed by atoms with Crippen LogP contribution < -0.4 is 10.6 Å². The van der Waals surface area contributed by atoms with Crippen LogP contribution >= 0.6 is 0 Å². The molecule has 7 heteroatoms. The van der Waals surface area contributed by atoms with Crippen molar-refractivity contribution < 1.29 is 14.3 Å².